The molecule has 1 amide bonds. The third-order valence-electron chi connectivity index (χ3n) is 3.25. The lowest BCUT2D eigenvalue weighted by Crippen LogP contribution is -2.25. The van der Waals surface area contributed by atoms with Gasteiger partial charge in [0.05, 0.1) is 11.3 Å². The molecule has 23 heavy (non-hydrogen) atoms. The fraction of sp³-hybridized carbons (Fsp3) is 0.125. The Labute approximate surface area is 131 Å². The molecule has 1 heterocycles. The van der Waals surface area contributed by atoms with Gasteiger partial charge in [-0.2, -0.15) is 0 Å². The second-order valence-corrected chi connectivity index (χ2v) is 5.06. The number of ether oxygens (including phenoxy) is 2. The van der Waals surface area contributed by atoms with Crippen molar-refractivity contribution in [3.8, 4) is 23.0 Å². The number of anilines is 1. The van der Waals surface area contributed by atoms with Gasteiger partial charge < -0.3 is 25.0 Å². The molecule has 2 aromatic rings. The first-order valence-corrected chi connectivity index (χ1v) is 6.75. The van der Waals surface area contributed by atoms with E-state index in [4.69, 9.17) is 9.47 Å². The van der Waals surface area contributed by atoms with E-state index in [-0.39, 0.29) is 40.9 Å². The number of hydrogen-bond donors (Lipinski definition) is 3. The molecule has 1 aliphatic heterocycles. The Morgan fingerprint density at radius 3 is 2.74 bits per heavy atom. The van der Waals surface area contributed by atoms with Crippen LogP contribution < -0.4 is 14.8 Å². The summed E-state index contributed by atoms with van der Waals surface area (Å²) in [7, 11) is 0. The van der Waals surface area contributed by atoms with Crippen LogP contribution in [-0.4, -0.2) is 28.7 Å². The van der Waals surface area contributed by atoms with Crippen molar-refractivity contribution < 1.29 is 29.3 Å². The van der Waals surface area contributed by atoms with Gasteiger partial charge in [-0.05, 0) is 30.7 Å². The number of nitrogens with one attached hydrogen (secondary N) is 1. The first-order chi connectivity index (χ1) is 10.9. The maximum atomic E-state index is 12.4. The van der Waals surface area contributed by atoms with Crippen LogP contribution in [0.2, 0.25) is 0 Å². The Balaban J connectivity index is 1.96. The quantitative estimate of drug-likeness (QED) is 0.444. The Hall–Kier alpha value is -3.22. The van der Waals surface area contributed by atoms with Crippen LogP contribution in [0.3, 0.4) is 0 Å². The van der Waals surface area contributed by atoms with Crippen LogP contribution in [0.1, 0.15) is 15.9 Å². The van der Waals surface area contributed by atoms with Crippen molar-refractivity contribution in [2.75, 3.05) is 11.9 Å². The number of esters is 1. The van der Waals surface area contributed by atoms with Gasteiger partial charge in [-0.1, -0.05) is 6.07 Å². The lowest BCUT2D eigenvalue weighted by molar-refractivity contribution is -0.138. The molecular weight excluding hydrogens is 302 g/mol. The van der Waals surface area contributed by atoms with Gasteiger partial charge in [0.1, 0.15) is 11.5 Å². The number of carbonyl (C=O) groups is 2. The van der Waals surface area contributed by atoms with Crippen molar-refractivity contribution in [3.63, 3.8) is 0 Å². The van der Waals surface area contributed by atoms with Crippen LogP contribution in [0.4, 0.5) is 5.69 Å². The number of carbonyl (C=O) groups excluding carboxylic acids is 2. The van der Waals surface area contributed by atoms with Crippen LogP contribution in [-0.2, 0) is 4.79 Å². The number of rotatable bonds is 2. The largest absolute Gasteiger partial charge is 0.508 e. The number of aromatic hydroxyl groups is 2. The van der Waals surface area contributed by atoms with Gasteiger partial charge in [0.2, 0.25) is 0 Å². The standard InChI is InChI=1S/C16H13NO6/c1-8-2-3-11(12(19)4-8)17-16(21)10-5-9(18)6-13-15(10)23-14(20)7-22-13/h2-6,18-19H,7H2,1H3,(H,17,21). The summed E-state index contributed by atoms with van der Waals surface area (Å²) in [5, 5.41) is 22.0. The van der Waals surface area contributed by atoms with Crippen LogP contribution in [0, 0.1) is 6.92 Å². The van der Waals surface area contributed by atoms with Gasteiger partial charge in [0, 0.05) is 6.07 Å². The summed E-state index contributed by atoms with van der Waals surface area (Å²) in [6, 6.07) is 7.16. The van der Waals surface area contributed by atoms with E-state index in [1.54, 1.807) is 19.1 Å². The lowest BCUT2D eigenvalue weighted by atomic mass is 10.1. The highest BCUT2D eigenvalue weighted by Gasteiger charge is 2.26. The van der Waals surface area contributed by atoms with E-state index < -0.39 is 11.9 Å². The molecule has 0 spiro atoms. The average Bonchev–Trinajstić information content (AvgIpc) is 2.49. The SMILES string of the molecule is Cc1ccc(NC(=O)c2cc(O)cc3c2OC(=O)CO3)c(O)c1. The molecule has 7 nitrogen and oxygen atoms in total. The smallest absolute Gasteiger partial charge is 0.349 e. The molecule has 0 unspecified atom stereocenters. The first kappa shape index (κ1) is 14.7. The van der Waals surface area contributed by atoms with Gasteiger partial charge in [0.15, 0.2) is 18.1 Å². The van der Waals surface area contributed by atoms with Gasteiger partial charge in [-0.3, -0.25) is 4.79 Å². The zero-order chi connectivity index (χ0) is 16.6. The first-order valence-electron chi connectivity index (χ1n) is 6.75. The predicted octanol–water partition coefficient (Wildman–Crippen LogP) is 1.96. The van der Waals surface area contributed by atoms with E-state index in [9.17, 15) is 19.8 Å². The number of hydrogen-bond acceptors (Lipinski definition) is 6. The topological polar surface area (TPSA) is 105 Å². The van der Waals surface area contributed by atoms with Crippen molar-refractivity contribution in [1.82, 2.24) is 0 Å². The van der Waals surface area contributed by atoms with Crippen molar-refractivity contribution in [2.45, 2.75) is 6.92 Å². The summed E-state index contributed by atoms with van der Waals surface area (Å²) >= 11 is 0. The third kappa shape index (κ3) is 2.89. The molecule has 118 valence electrons. The van der Waals surface area contributed by atoms with Crippen molar-refractivity contribution in [3.05, 3.63) is 41.5 Å². The molecule has 7 heteroatoms. The van der Waals surface area contributed by atoms with Crippen molar-refractivity contribution >= 4 is 17.6 Å². The van der Waals surface area contributed by atoms with Crippen molar-refractivity contribution in [1.29, 1.82) is 0 Å². The van der Waals surface area contributed by atoms with Gasteiger partial charge >= 0.3 is 5.97 Å². The minimum atomic E-state index is -0.658. The third-order valence-corrected chi connectivity index (χ3v) is 3.25. The zero-order valence-corrected chi connectivity index (χ0v) is 12.1. The lowest BCUT2D eigenvalue weighted by Gasteiger charge is -2.19. The molecule has 1 aliphatic rings. The normalized spacial score (nSPS) is 12.8. The number of amides is 1. The molecule has 0 bridgehead atoms. The maximum absolute atomic E-state index is 12.4. The number of phenols is 2. The summed E-state index contributed by atoms with van der Waals surface area (Å²) in [6.07, 6.45) is 0. The molecular formula is C16H13NO6. The van der Waals surface area contributed by atoms with Gasteiger partial charge in [-0.15, -0.1) is 0 Å². The number of fused-ring (bicyclic) bond motifs is 1. The Morgan fingerprint density at radius 2 is 2.00 bits per heavy atom. The maximum Gasteiger partial charge on any atom is 0.349 e. The number of phenolic OH excluding ortho intramolecular Hbond substituents is 2. The molecule has 0 fully saturated rings. The minimum absolute atomic E-state index is 0.0665. The second-order valence-electron chi connectivity index (χ2n) is 5.06. The summed E-state index contributed by atoms with van der Waals surface area (Å²) in [5.74, 6) is -1.57. The summed E-state index contributed by atoms with van der Waals surface area (Å²) in [4.78, 5) is 23.8. The van der Waals surface area contributed by atoms with Crippen LogP contribution in [0.5, 0.6) is 23.0 Å². The summed E-state index contributed by atoms with van der Waals surface area (Å²) in [5.41, 5.74) is 0.950. The molecule has 3 rings (SSSR count). The van der Waals surface area contributed by atoms with Gasteiger partial charge in [0.25, 0.3) is 5.91 Å². The van der Waals surface area contributed by atoms with Crippen molar-refractivity contribution in [2.24, 2.45) is 0 Å². The minimum Gasteiger partial charge on any atom is -0.508 e. The molecule has 2 aromatic carbocycles. The molecule has 0 saturated carbocycles. The Kier molecular flexibility index (Phi) is 3.53. The van der Waals surface area contributed by atoms with Crippen LogP contribution in [0.15, 0.2) is 30.3 Å². The number of benzene rings is 2. The van der Waals surface area contributed by atoms with E-state index >= 15 is 0 Å². The van der Waals surface area contributed by atoms with Crippen LogP contribution in [0.25, 0.3) is 0 Å². The monoisotopic (exact) mass is 315 g/mol. The van der Waals surface area contributed by atoms with E-state index in [1.165, 1.54) is 12.1 Å². The van der Waals surface area contributed by atoms with E-state index in [0.29, 0.717) is 0 Å². The summed E-state index contributed by atoms with van der Waals surface area (Å²) < 4.78 is 10.2. The predicted molar refractivity (Wildman–Crippen MR) is 80.0 cm³/mol. The highest BCUT2D eigenvalue weighted by Crippen LogP contribution is 2.38. The van der Waals surface area contributed by atoms with E-state index in [0.717, 1.165) is 11.6 Å². The van der Waals surface area contributed by atoms with E-state index in [1.807, 2.05) is 0 Å². The Morgan fingerprint density at radius 1 is 1.22 bits per heavy atom. The highest BCUT2D eigenvalue weighted by atomic mass is 16.6. The average molecular weight is 315 g/mol. The fourth-order valence-corrected chi connectivity index (χ4v) is 2.19. The van der Waals surface area contributed by atoms with Crippen LogP contribution >= 0.6 is 0 Å². The molecule has 3 N–H and O–H groups in total. The fourth-order valence-electron chi connectivity index (χ4n) is 2.19. The highest BCUT2D eigenvalue weighted by molar-refractivity contribution is 6.08. The molecule has 0 radical (unpaired) electrons. The molecule has 0 saturated heterocycles. The second kappa shape index (κ2) is 5.53. The molecule has 0 aliphatic carbocycles. The zero-order valence-electron chi connectivity index (χ0n) is 12.1. The molecule has 0 atom stereocenters. The summed E-state index contributed by atoms with van der Waals surface area (Å²) in [6.45, 7) is 1.50. The van der Waals surface area contributed by atoms with Gasteiger partial charge in [-0.25, -0.2) is 4.79 Å². The Bertz CT molecular complexity index is 814. The molecule has 0 aromatic heterocycles. The van der Waals surface area contributed by atoms with E-state index in [2.05, 4.69) is 5.32 Å². The number of aryl methyl sites for hydroxylation is 1.